The first-order chi connectivity index (χ1) is 15.3. The minimum atomic E-state index is -0.990. The molecule has 0 fully saturated rings. The Kier molecular flexibility index (Phi) is 5.78. The van der Waals surface area contributed by atoms with Gasteiger partial charge in [-0.2, -0.15) is 0 Å². The third kappa shape index (κ3) is 4.26. The van der Waals surface area contributed by atoms with E-state index in [1.165, 1.54) is 18.1 Å². The van der Waals surface area contributed by atoms with Gasteiger partial charge in [0.05, 0.1) is 5.56 Å². The van der Waals surface area contributed by atoms with Gasteiger partial charge in [-0.3, -0.25) is 4.79 Å². The van der Waals surface area contributed by atoms with Crippen LogP contribution in [0.5, 0.6) is 5.75 Å². The number of aromatic carboxylic acids is 1. The first-order valence-corrected chi connectivity index (χ1v) is 10.4. The molecule has 0 atom stereocenters. The average molecular weight is 424 g/mol. The Morgan fingerprint density at radius 1 is 0.844 bits per heavy atom. The standard InChI is InChI=1S/C28H24O4/c1-17-5-4-6-18(2)27(17)16-32-24-11-12-25-22(14-24)13-23(28(30)31)15-26(25)21-9-7-20(8-10-21)19(3)29/h4-15H,16H2,1-3H3,(H,30,31). The van der Waals surface area contributed by atoms with Crippen LogP contribution in [0.4, 0.5) is 0 Å². The molecular formula is C28H24O4. The topological polar surface area (TPSA) is 63.6 Å². The normalized spacial score (nSPS) is 10.8. The summed E-state index contributed by atoms with van der Waals surface area (Å²) in [6.07, 6.45) is 0. The molecule has 0 unspecified atom stereocenters. The Labute approximate surface area is 187 Å². The second kappa shape index (κ2) is 8.67. The number of aryl methyl sites for hydroxylation is 2. The number of ether oxygens (including phenoxy) is 1. The van der Waals surface area contributed by atoms with Crippen LogP contribution in [-0.4, -0.2) is 16.9 Å². The van der Waals surface area contributed by atoms with E-state index in [4.69, 9.17) is 4.74 Å². The summed E-state index contributed by atoms with van der Waals surface area (Å²) in [5.74, 6) is -0.317. The van der Waals surface area contributed by atoms with Crippen LogP contribution in [0.1, 0.15) is 44.3 Å². The maximum absolute atomic E-state index is 11.8. The van der Waals surface area contributed by atoms with Crippen LogP contribution >= 0.6 is 0 Å². The van der Waals surface area contributed by atoms with Crippen molar-refractivity contribution in [2.75, 3.05) is 0 Å². The zero-order chi connectivity index (χ0) is 22.8. The fourth-order valence-corrected chi connectivity index (χ4v) is 3.92. The summed E-state index contributed by atoms with van der Waals surface area (Å²) in [5, 5.41) is 11.3. The highest BCUT2D eigenvalue weighted by atomic mass is 16.5. The number of ketones is 1. The van der Waals surface area contributed by atoms with Crippen molar-refractivity contribution in [3.63, 3.8) is 0 Å². The molecule has 32 heavy (non-hydrogen) atoms. The molecule has 0 aliphatic rings. The van der Waals surface area contributed by atoms with Gasteiger partial charge in [-0.05, 0) is 83.6 Å². The molecule has 1 N–H and O–H groups in total. The maximum atomic E-state index is 11.8. The molecule has 4 heteroatoms. The largest absolute Gasteiger partial charge is 0.489 e. The molecule has 0 radical (unpaired) electrons. The molecule has 0 aliphatic heterocycles. The van der Waals surface area contributed by atoms with E-state index in [9.17, 15) is 14.7 Å². The van der Waals surface area contributed by atoms with Crippen LogP contribution < -0.4 is 4.74 Å². The fourth-order valence-electron chi connectivity index (χ4n) is 3.92. The van der Waals surface area contributed by atoms with Crippen LogP contribution in [0, 0.1) is 13.8 Å². The van der Waals surface area contributed by atoms with E-state index in [1.54, 1.807) is 24.3 Å². The minimum Gasteiger partial charge on any atom is -0.489 e. The second-order valence-corrected chi connectivity index (χ2v) is 8.00. The van der Waals surface area contributed by atoms with E-state index in [0.29, 0.717) is 17.9 Å². The summed E-state index contributed by atoms with van der Waals surface area (Å²) < 4.78 is 6.06. The monoisotopic (exact) mass is 424 g/mol. The van der Waals surface area contributed by atoms with Crippen molar-refractivity contribution in [1.29, 1.82) is 0 Å². The van der Waals surface area contributed by atoms with E-state index >= 15 is 0 Å². The Hall–Kier alpha value is -3.92. The average Bonchev–Trinajstić information content (AvgIpc) is 2.77. The smallest absolute Gasteiger partial charge is 0.335 e. The molecule has 4 aromatic carbocycles. The molecule has 4 aromatic rings. The molecule has 160 valence electrons. The van der Waals surface area contributed by atoms with Crippen LogP contribution in [0.15, 0.2) is 72.8 Å². The van der Waals surface area contributed by atoms with Gasteiger partial charge in [0.2, 0.25) is 0 Å². The quantitative estimate of drug-likeness (QED) is 0.354. The highest BCUT2D eigenvalue weighted by Gasteiger charge is 2.13. The third-order valence-corrected chi connectivity index (χ3v) is 5.80. The number of benzene rings is 4. The number of carboxylic acids is 1. The van der Waals surface area contributed by atoms with Crippen molar-refractivity contribution < 1.29 is 19.4 Å². The minimum absolute atomic E-state index is 0.00799. The van der Waals surface area contributed by atoms with Crippen LogP contribution in [0.3, 0.4) is 0 Å². The number of hydrogen-bond donors (Lipinski definition) is 1. The van der Waals surface area contributed by atoms with Crippen LogP contribution in [0.2, 0.25) is 0 Å². The maximum Gasteiger partial charge on any atom is 0.335 e. The van der Waals surface area contributed by atoms with Gasteiger partial charge >= 0.3 is 5.97 Å². The number of hydrogen-bond acceptors (Lipinski definition) is 3. The van der Waals surface area contributed by atoms with Crippen molar-refractivity contribution in [2.24, 2.45) is 0 Å². The Bertz CT molecular complexity index is 1310. The Balaban J connectivity index is 1.74. The predicted octanol–water partition coefficient (Wildman–Crippen LogP) is 6.60. The highest BCUT2D eigenvalue weighted by molar-refractivity contribution is 6.03. The van der Waals surface area contributed by atoms with Gasteiger partial charge in [0.25, 0.3) is 0 Å². The Morgan fingerprint density at radius 3 is 2.16 bits per heavy atom. The van der Waals surface area contributed by atoms with E-state index in [1.807, 2.05) is 36.4 Å². The summed E-state index contributed by atoms with van der Waals surface area (Å²) in [6.45, 7) is 6.10. The molecule has 0 aromatic heterocycles. The molecule has 0 heterocycles. The van der Waals surface area contributed by atoms with Gasteiger partial charge in [0.1, 0.15) is 12.4 Å². The SMILES string of the molecule is CC(=O)c1ccc(-c2cc(C(=O)O)cc3cc(OCc4c(C)cccc4C)ccc23)cc1. The number of fused-ring (bicyclic) bond motifs is 1. The van der Waals surface area contributed by atoms with Crippen molar-refractivity contribution >= 4 is 22.5 Å². The fraction of sp³-hybridized carbons (Fsp3) is 0.143. The molecule has 0 spiro atoms. The van der Waals surface area contributed by atoms with Gasteiger partial charge in [0, 0.05) is 5.56 Å². The van der Waals surface area contributed by atoms with E-state index in [2.05, 4.69) is 26.0 Å². The lowest BCUT2D eigenvalue weighted by atomic mass is 9.94. The summed E-state index contributed by atoms with van der Waals surface area (Å²) in [4.78, 5) is 23.4. The molecule has 4 rings (SSSR count). The predicted molar refractivity (Wildman–Crippen MR) is 127 cm³/mol. The first kappa shape index (κ1) is 21.3. The first-order valence-electron chi connectivity index (χ1n) is 10.4. The van der Waals surface area contributed by atoms with Crippen molar-refractivity contribution in [3.05, 3.63) is 101 Å². The van der Waals surface area contributed by atoms with Gasteiger partial charge in [-0.1, -0.05) is 48.5 Å². The van der Waals surface area contributed by atoms with Gasteiger partial charge in [-0.15, -0.1) is 0 Å². The molecule has 4 nitrogen and oxygen atoms in total. The van der Waals surface area contributed by atoms with Crippen LogP contribution in [0.25, 0.3) is 21.9 Å². The van der Waals surface area contributed by atoms with Gasteiger partial charge < -0.3 is 9.84 Å². The lowest BCUT2D eigenvalue weighted by Crippen LogP contribution is -2.01. The molecule has 0 saturated carbocycles. The van der Waals surface area contributed by atoms with Gasteiger partial charge in [0.15, 0.2) is 5.78 Å². The van der Waals surface area contributed by atoms with Crippen molar-refractivity contribution in [3.8, 4) is 16.9 Å². The summed E-state index contributed by atoms with van der Waals surface area (Å²) in [6, 6.07) is 22.5. The van der Waals surface area contributed by atoms with E-state index in [0.717, 1.165) is 27.5 Å². The summed E-state index contributed by atoms with van der Waals surface area (Å²) in [7, 11) is 0. The van der Waals surface area contributed by atoms with E-state index < -0.39 is 5.97 Å². The molecule has 0 amide bonds. The number of Topliss-reactive ketones (excluding diaryl/α,β-unsaturated/α-hetero) is 1. The zero-order valence-electron chi connectivity index (χ0n) is 18.3. The lowest BCUT2D eigenvalue weighted by Gasteiger charge is -2.14. The third-order valence-electron chi connectivity index (χ3n) is 5.80. The van der Waals surface area contributed by atoms with Crippen molar-refractivity contribution in [1.82, 2.24) is 0 Å². The van der Waals surface area contributed by atoms with E-state index in [-0.39, 0.29) is 11.3 Å². The number of rotatable bonds is 6. The molecule has 0 saturated heterocycles. The lowest BCUT2D eigenvalue weighted by molar-refractivity contribution is 0.0697. The molecule has 0 aliphatic carbocycles. The van der Waals surface area contributed by atoms with Crippen molar-refractivity contribution in [2.45, 2.75) is 27.4 Å². The number of carbonyl (C=O) groups excluding carboxylic acids is 1. The summed E-state index contributed by atoms with van der Waals surface area (Å²) in [5.41, 5.74) is 5.98. The Morgan fingerprint density at radius 2 is 1.53 bits per heavy atom. The van der Waals surface area contributed by atoms with Crippen LogP contribution in [-0.2, 0) is 6.61 Å². The molecule has 0 bridgehead atoms. The summed E-state index contributed by atoms with van der Waals surface area (Å²) >= 11 is 0. The highest BCUT2D eigenvalue weighted by Crippen LogP contribution is 2.33. The molecular weight excluding hydrogens is 400 g/mol. The van der Waals surface area contributed by atoms with Gasteiger partial charge in [-0.25, -0.2) is 4.79 Å². The second-order valence-electron chi connectivity index (χ2n) is 8.00. The zero-order valence-corrected chi connectivity index (χ0v) is 18.3. The number of carboxylic acid groups (broad SMARTS) is 1. The number of carbonyl (C=O) groups is 2.